The first-order valence-electron chi connectivity index (χ1n) is 5.64. The van der Waals surface area contributed by atoms with Crippen LogP contribution in [-0.2, 0) is 0 Å². The lowest BCUT2D eigenvalue weighted by molar-refractivity contribution is 0.520. The molecule has 0 aliphatic heterocycles. The standard InChI is InChI=1S/C15H21N/c1-5-8-13(15(2,3)4)11-12-9-6-7-10-14(12)16/h5-11H,16H2,1-4H3/b8-5-,13-11+. The van der Waals surface area contributed by atoms with E-state index in [4.69, 9.17) is 5.73 Å². The van der Waals surface area contributed by atoms with Crippen molar-refractivity contribution in [3.05, 3.63) is 47.6 Å². The Morgan fingerprint density at radius 1 is 1.19 bits per heavy atom. The molecule has 16 heavy (non-hydrogen) atoms. The number of para-hydroxylation sites is 1. The van der Waals surface area contributed by atoms with Gasteiger partial charge in [0, 0.05) is 5.69 Å². The molecule has 2 N–H and O–H groups in total. The van der Waals surface area contributed by atoms with E-state index >= 15 is 0 Å². The van der Waals surface area contributed by atoms with Crippen molar-refractivity contribution in [3.63, 3.8) is 0 Å². The second-order valence-electron chi connectivity index (χ2n) is 4.98. The van der Waals surface area contributed by atoms with E-state index in [0.717, 1.165) is 11.3 Å². The molecule has 0 radical (unpaired) electrons. The first-order valence-corrected chi connectivity index (χ1v) is 5.64. The van der Waals surface area contributed by atoms with E-state index in [1.54, 1.807) is 0 Å². The van der Waals surface area contributed by atoms with E-state index in [1.807, 2.05) is 31.2 Å². The maximum absolute atomic E-state index is 5.94. The largest absolute Gasteiger partial charge is 0.398 e. The highest BCUT2D eigenvalue weighted by atomic mass is 14.5. The summed E-state index contributed by atoms with van der Waals surface area (Å²) in [5.74, 6) is 0. The maximum Gasteiger partial charge on any atom is 0.0387 e. The summed E-state index contributed by atoms with van der Waals surface area (Å²) in [6.07, 6.45) is 6.37. The highest BCUT2D eigenvalue weighted by Crippen LogP contribution is 2.29. The first-order chi connectivity index (χ1) is 7.45. The first kappa shape index (κ1) is 12.6. The minimum Gasteiger partial charge on any atom is -0.398 e. The Hall–Kier alpha value is -1.50. The Morgan fingerprint density at radius 2 is 1.81 bits per heavy atom. The molecule has 0 aliphatic rings. The van der Waals surface area contributed by atoms with Gasteiger partial charge in [-0.25, -0.2) is 0 Å². The fourth-order valence-corrected chi connectivity index (χ4v) is 1.50. The van der Waals surface area contributed by atoms with Crippen LogP contribution in [-0.4, -0.2) is 0 Å². The molecule has 0 heterocycles. The molecule has 0 amide bonds. The Morgan fingerprint density at radius 3 is 2.31 bits per heavy atom. The number of benzene rings is 1. The molecule has 0 fully saturated rings. The summed E-state index contributed by atoms with van der Waals surface area (Å²) >= 11 is 0. The van der Waals surface area contributed by atoms with E-state index in [2.05, 4.69) is 39.0 Å². The van der Waals surface area contributed by atoms with Crippen molar-refractivity contribution < 1.29 is 0 Å². The van der Waals surface area contributed by atoms with Crippen LogP contribution in [0.1, 0.15) is 33.3 Å². The third kappa shape index (κ3) is 3.27. The van der Waals surface area contributed by atoms with E-state index < -0.39 is 0 Å². The second-order valence-corrected chi connectivity index (χ2v) is 4.98. The molecular formula is C15H21N. The fraction of sp³-hybridized carbons (Fsp3) is 0.333. The molecule has 0 aliphatic carbocycles. The Kier molecular flexibility index (Phi) is 3.94. The quantitative estimate of drug-likeness (QED) is 0.578. The van der Waals surface area contributed by atoms with Gasteiger partial charge >= 0.3 is 0 Å². The normalized spacial score (nSPS) is 13.4. The molecule has 0 bridgehead atoms. The number of allylic oxidation sites excluding steroid dienone is 3. The zero-order chi connectivity index (χ0) is 12.2. The van der Waals surface area contributed by atoms with E-state index in [1.165, 1.54) is 5.57 Å². The van der Waals surface area contributed by atoms with Gasteiger partial charge in [-0.1, -0.05) is 51.1 Å². The average molecular weight is 215 g/mol. The van der Waals surface area contributed by atoms with Crippen molar-refractivity contribution in [2.75, 3.05) is 5.73 Å². The van der Waals surface area contributed by atoms with Gasteiger partial charge in [0.05, 0.1) is 0 Å². The molecule has 1 aromatic carbocycles. The van der Waals surface area contributed by atoms with Crippen LogP contribution in [0.2, 0.25) is 0 Å². The highest BCUT2D eigenvalue weighted by molar-refractivity contribution is 5.68. The number of anilines is 1. The van der Waals surface area contributed by atoms with Gasteiger partial charge in [-0.2, -0.15) is 0 Å². The average Bonchev–Trinajstić information content (AvgIpc) is 2.19. The van der Waals surface area contributed by atoms with Crippen LogP contribution in [0, 0.1) is 5.41 Å². The van der Waals surface area contributed by atoms with E-state index in [0.29, 0.717) is 0 Å². The van der Waals surface area contributed by atoms with Gasteiger partial charge in [0.2, 0.25) is 0 Å². The topological polar surface area (TPSA) is 26.0 Å². The summed E-state index contributed by atoms with van der Waals surface area (Å²) in [4.78, 5) is 0. The predicted octanol–water partition coefficient (Wildman–Crippen LogP) is 4.27. The van der Waals surface area contributed by atoms with Crippen molar-refractivity contribution in [1.29, 1.82) is 0 Å². The lowest BCUT2D eigenvalue weighted by atomic mass is 9.85. The van der Waals surface area contributed by atoms with Crippen molar-refractivity contribution in [2.24, 2.45) is 5.41 Å². The van der Waals surface area contributed by atoms with Gasteiger partial charge in [0.25, 0.3) is 0 Å². The molecule has 86 valence electrons. The summed E-state index contributed by atoms with van der Waals surface area (Å²) in [6, 6.07) is 7.95. The van der Waals surface area contributed by atoms with Gasteiger partial charge in [-0.05, 0) is 35.6 Å². The highest BCUT2D eigenvalue weighted by Gasteiger charge is 2.14. The molecule has 1 rings (SSSR count). The zero-order valence-electron chi connectivity index (χ0n) is 10.6. The monoisotopic (exact) mass is 215 g/mol. The van der Waals surface area contributed by atoms with E-state index in [-0.39, 0.29) is 5.41 Å². The Labute approximate surface area is 98.7 Å². The number of hydrogen-bond acceptors (Lipinski definition) is 1. The van der Waals surface area contributed by atoms with Crippen LogP contribution in [0.3, 0.4) is 0 Å². The van der Waals surface area contributed by atoms with Crippen LogP contribution in [0.25, 0.3) is 6.08 Å². The molecule has 0 unspecified atom stereocenters. The van der Waals surface area contributed by atoms with Crippen molar-refractivity contribution >= 4 is 11.8 Å². The number of nitrogens with two attached hydrogens (primary N) is 1. The summed E-state index contributed by atoms with van der Waals surface area (Å²) in [6.45, 7) is 8.65. The molecule has 0 saturated heterocycles. The number of hydrogen-bond donors (Lipinski definition) is 1. The summed E-state index contributed by atoms with van der Waals surface area (Å²) in [7, 11) is 0. The van der Waals surface area contributed by atoms with Crippen LogP contribution in [0.4, 0.5) is 5.69 Å². The number of rotatable bonds is 2. The molecular weight excluding hydrogens is 194 g/mol. The minimum atomic E-state index is 0.134. The van der Waals surface area contributed by atoms with Crippen molar-refractivity contribution in [3.8, 4) is 0 Å². The van der Waals surface area contributed by atoms with Crippen LogP contribution < -0.4 is 5.73 Å². The molecule has 1 aromatic rings. The van der Waals surface area contributed by atoms with Crippen LogP contribution >= 0.6 is 0 Å². The maximum atomic E-state index is 5.94. The Balaban J connectivity index is 3.18. The predicted molar refractivity (Wildman–Crippen MR) is 73.1 cm³/mol. The van der Waals surface area contributed by atoms with Gasteiger partial charge in [-0.3, -0.25) is 0 Å². The minimum absolute atomic E-state index is 0.134. The second kappa shape index (κ2) is 5.02. The van der Waals surface area contributed by atoms with E-state index in [9.17, 15) is 0 Å². The van der Waals surface area contributed by atoms with Crippen LogP contribution in [0.15, 0.2) is 42.0 Å². The zero-order valence-corrected chi connectivity index (χ0v) is 10.6. The van der Waals surface area contributed by atoms with Gasteiger partial charge < -0.3 is 5.73 Å². The summed E-state index contributed by atoms with van der Waals surface area (Å²) in [5, 5.41) is 0. The molecule has 1 heteroatoms. The molecule has 0 atom stereocenters. The third-order valence-electron chi connectivity index (χ3n) is 2.52. The van der Waals surface area contributed by atoms with Crippen LogP contribution in [0.5, 0.6) is 0 Å². The SMILES string of the molecule is C/C=C\C(=C/c1ccccc1N)C(C)(C)C. The fourth-order valence-electron chi connectivity index (χ4n) is 1.50. The Bertz CT molecular complexity index is 406. The lowest BCUT2D eigenvalue weighted by Crippen LogP contribution is -2.07. The number of nitrogen functional groups attached to an aromatic ring is 1. The van der Waals surface area contributed by atoms with Crippen molar-refractivity contribution in [1.82, 2.24) is 0 Å². The molecule has 0 spiro atoms. The third-order valence-corrected chi connectivity index (χ3v) is 2.52. The summed E-state index contributed by atoms with van der Waals surface area (Å²) < 4.78 is 0. The smallest absolute Gasteiger partial charge is 0.0387 e. The molecule has 0 aromatic heterocycles. The van der Waals surface area contributed by atoms with Crippen molar-refractivity contribution in [2.45, 2.75) is 27.7 Å². The summed E-state index contributed by atoms with van der Waals surface area (Å²) in [5.41, 5.74) is 9.27. The molecule has 0 saturated carbocycles. The van der Waals surface area contributed by atoms with Gasteiger partial charge in [0.15, 0.2) is 0 Å². The van der Waals surface area contributed by atoms with Gasteiger partial charge in [-0.15, -0.1) is 0 Å². The molecule has 1 nitrogen and oxygen atoms in total. The van der Waals surface area contributed by atoms with Gasteiger partial charge in [0.1, 0.15) is 0 Å². The lowest BCUT2D eigenvalue weighted by Gasteiger charge is -2.20.